The number of aryl methyl sites for hydroxylation is 1. The van der Waals surface area contributed by atoms with Gasteiger partial charge < -0.3 is 24.3 Å². The summed E-state index contributed by atoms with van der Waals surface area (Å²) < 4.78 is 50.1. The molecule has 0 aromatic heterocycles. The van der Waals surface area contributed by atoms with Crippen molar-refractivity contribution in [3.05, 3.63) is 66.2 Å². The van der Waals surface area contributed by atoms with Gasteiger partial charge in [-0.15, -0.1) is 0 Å². The molecular weight excluding hydrogens is 484 g/mol. The lowest BCUT2D eigenvalue weighted by molar-refractivity contribution is -0.114. The third-order valence-corrected chi connectivity index (χ3v) is 7.09. The minimum absolute atomic E-state index is 0.0475. The van der Waals surface area contributed by atoms with Crippen LogP contribution in [0.25, 0.3) is 0 Å². The number of hydrogen-bond acceptors (Lipinski definition) is 7. The van der Waals surface area contributed by atoms with Gasteiger partial charge in [0.05, 0.1) is 39.3 Å². The lowest BCUT2D eigenvalue weighted by Crippen LogP contribution is -2.38. The van der Waals surface area contributed by atoms with Crippen LogP contribution in [0.1, 0.15) is 12.5 Å². The molecule has 9 nitrogen and oxygen atoms in total. The first-order valence-corrected chi connectivity index (χ1v) is 12.6. The molecular formula is C26H30N2O7S. The highest BCUT2D eigenvalue weighted by atomic mass is 32.2. The van der Waals surface area contributed by atoms with Crippen LogP contribution in [-0.2, 0) is 14.8 Å². The zero-order valence-corrected chi connectivity index (χ0v) is 21.7. The topological polar surface area (TPSA) is 103 Å². The van der Waals surface area contributed by atoms with Crippen LogP contribution < -0.4 is 28.6 Å². The van der Waals surface area contributed by atoms with E-state index < -0.39 is 22.5 Å². The molecule has 0 radical (unpaired) electrons. The second-order valence-electron chi connectivity index (χ2n) is 7.71. The molecule has 36 heavy (non-hydrogen) atoms. The van der Waals surface area contributed by atoms with Crippen molar-refractivity contribution >= 4 is 27.3 Å². The minimum atomic E-state index is -4.20. The van der Waals surface area contributed by atoms with E-state index in [1.54, 1.807) is 61.5 Å². The molecule has 0 saturated carbocycles. The van der Waals surface area contributed by atoms with Crippen LogP contribution in [0.5, 0.6) is 23.0 Å². The minimum Gasteiger partial charge on any atom is -0.497 e. The summed E-state index contributed by atoms with van der Waals surface area (Å²) >= 11 is 0. The maximum atomic E-state index is 13.9. The summed E-state index contributed by atoms with van der Waals surface area (Å²) in [5.74, 6) is 1.11. The number of carbonyl (C=O) groups is 1. The van der Waals surface area contributed by atoms with Crippen LogP contribution in [0.15, 0.2) is 65.6 Å². The summed E-state index contributed by atoms with van der Waals surface area (Å²) in [4.78, 5) is 13.1. The summed E-state index contributed by atoms with van der Waals surface area (Å²) in [5, 5.41) is 2.73. The Balaban J connectivity index is 2.01. The van der Waals surface area contributed by atoms with Gasteiger partial charge in [0.25, 0.3) is 10.0 Å². The number of rotatable bonds is 11. The largest absolute Gasteiger partial charge is 0.497 e. The number of sulfonamides is 1. The van der Waals surface area contributed by atoms with Crippen molar-refractivity contribution in [1.82, 2.24) is 0 Å². The Bertz CT molecular complexity index is 1310. The normalized spacial score (nSPS) is 10.9. The summed E-state index contributed by atoms with van der Waals surface area (Å²) in [6.45, 7) is 3.60. The molecule has 10 heteroatoms. The first kappa shape index (κ1) is 26.7. The molecule has 0 atom stereocenters. The Labute approximate surface area is 211 Å². The molecule has 0 fully saturated rings. The number of carbonyl (C=O) groups excluding carboxylic acids is 1. The second kappa shape index (κ2) is 11.7. The van der Waals surface area contributed by atoms with Gasteiger partial charge in [-0.1, -0.05) is 6.07 Å². The van der Waals surface area contributed by atoms with E-state index in [0.717, 1.165) is 9.87 Å². The highest BCUT2D eigenvalue weighted by Crippen LogP contribution is 2.33. The molecule has 1 amide bonds. The molecule has 0 saturated heterocycles. The Hall–Kier alpha value is -3.92. The zero-order chi connectivity index (χ0) is 26.3. The smallest absolute Gasteiger partial charge is 0.268 e. The Kier molecular flexibility index (Phi) is 8.65. The summed E-state index contributed by atoms with van der Waals surface area (Å²) in [6, 6.07) is 16.2. The van der Waals surface area contributed by atoms with E-state index in [2.05, 4.69) is 5.32 Å². The van der Waals surface area contributed by atoms with E-state index in [4.69, 9.17) is 18.9 Å². The molecule has 0 aliphatic rings. The van der Waals surface area contributed by atoms with Gasteiger partial charge in [-0.05, 0) is 67.9 Å². The molecule has 0 unspecified atom stereocenters. The summed E-state index contributed by atoms with van der Waals surface area (Å²) in [5.41, 5.74) is 1.40. The van der Waals surface area contributed by atoms with Gasteiger partial charge in [-0.25, -0.2) is 8.42 Å². The Morgan fingerprint density at radius 3 is 2.14 bits per heavy atom. The van der Waals surface area contributed by atoms with Crippen LogP contribution in [0.3, 0.4) is 0 Å². The monoisotopic (exact) mass is 514 g/mol. The fourth-order valence-electron chi connectivity index (χ4n) is 3.52. The number of amides is 1. The number of nitrogens with zero attached hydrogens (tertiary/aromatic N) is 1. The SMILES string of the molecule is CCOc1ccc(N(CC(=O)Nc2ccc(OC)cc2OC)S(=O)(=O)c2cc(C)ccc2OC)cc1. The summed E-state index contributed by atoms with van der Waals surface area (Å²) in [6.07, 6.45) is 0. The van der Waals surface area contributed by atoms with Gasteiger partial charge in [0.1, 0.15) is 34.4 Å². The molecule has 0 spiro atoms. The number of ether oxygens (including phenoxy) is 4. The average molecular weight is 515 g/mol. The zero-order valence-electron chi connectivity index (χ0n) is 20.9. The lowest BCUT2D eigenvalue weighted by atomic mass is 10.2. The Morgan fingerprint density at radius 2 is 1.53 bits per heavy atom. The average Bonchev–Trinajstić information content (AvgIpc) is 2.88. The maximum absolute atomic E-state index is 13.9. The quantitative estimate of drug-likeness (QED) is 0.408. The first-order chi connectivity index (χ1) is 17.2. The van der Waals surface area contributed by atoms with Gasteiger partial charge in [0, 0.05) is 6.07 Å². The predicted octanol–water partition coefficient (Wildman–Crippen LogP) is 4.25. The Morgan fingerprint density at radius 1 is 0.861 bits per heavy atom. The third-order valence-electron chi connectivity index (χ3n) is 5.29. The first-order valence-electron chi connectivity index (χ1n) is 11.2. The second-order valence-corrected chi connectivity index (χ2v) is 9.54. The van der Waals surface area contributed by atoms with Gasteiger partial charge in [0.15, 0.2) is 0 Å². The van der Waals surface area contributed by atoms with E-state index in [1.165, 1.54) is 27.4 Å². The van der Waals surface area contributed by atoms with Crippen LogP contribution in [0.2, 0.25) is 0 Å². The predicted molar refractivity (Wildman–Crippen MR) is 138 cm³/mol. The van der Waals surface area contributed by atoms with Gasteiger partial charge in [-0.3, -0.25) is 9.10 Å². The van der Waals surface area contributed by atoms with Crippen molar-refractivity contribution in [1.29, 1.82) is 0 Å². The number of hydrogen-bond donors (Lipinski definition) is 1. The summed E-state index contributed by atoms with van der Waals surface area (Å²) in [7, 11) is 0.177. The van der Waals surface area contributed by atoms with Crippen LogP contribution in [0.4, 0.5) is 11.4 Å². The number of nitrogens with one attached hydrogen (secondary N) is 1. The van der Waals surface area contributed by atoms with E-state index >= 15 is 0 Å². The van der Waals surface area contributed by atoms with Crippen molar-refractivity contribution in [2.24, 2.45) is 0 Å². The van der Waals surface area contributed by atoms with Gasteiger partial charge >= 0.3 is 0 Å². The van der Waals surface area contributed by atoms with E-state index in [-0.39, 0.29) is 10.6 Å². The number of benzene rings is 3. The molecule has 0 aliphatic heterocycles. The van der Waals surface area contributed by atoms with Crippen molar-refractivity contribution in [3.63, 3.8) is 0 Å². The van der Waals surface area contributed by atoms with E-state index in [9.17, 15) is 13.2 Å². The molecule has 0 aliphatic carbocycles. The molecule has 3 aromatic carbocycles. The third kappa shape index (κ3) is 6.01. The van der Waals surface area contributed by atoms with Crippen LogP contribution in [-0.4, -0.2) is 48.8 Å². The van der Waals surface area contributed by atoms with Crippen LogP contribution >= 0.6 is 0 Å². The molecule has 0 bridgehead atoms. The van der Waals surface area contributed by atoms with Crippen LogP contribution in [0, 0.1) is 6.92 Å². The standard InChI is InChI=1S/C26H30N2O7S/c1-6-35-20-10-8-19(9-11-20)28(36(30,31)25-15-18(2)7-14-23(25)33-4)17-26(29)27-22-13-12-21(32-3)16-24(22)34-5/h7-16H,6,17H2,1-5H3,(H,27,29). The molecule has 1 N–H and O–H groups in total. The van der Waals surface area contributed by atoms with Gasteiger partial charge in [-0.2, -0.15) is 0 Å². The molecule has 3 rings (SSSR count). The molecule has 3 aromatic rings. The van der Waals surface area contributed by atoms with Gasteiger partial charge in [0.2, 0.25) is 5.91 Å². The molecule has 192 valence electrons. The highest BCUT2D eigenvalue weighted by molar-refractivity contribution is 7.93. The molecule has 0 heterocycles. The van der Waals surface area contributed by atoms with Crippen molar-refractivity contribution in [2.45, 2.75) is 18.7 Å². The fourth-order valence-corrected chi connectivity index (χ4v) is 5.18. The van der Waals surface area contributed by atoms with Crippen molar-refractivity contribution in [3.8, 4) is 23.0 Å². The van der Waals surface area contributed by atoms with E-state index in [1.807, 2.05) is 6.92 Å². The number of anilines is 2. The van der Waals surface area contributed by atoms with Crippen molar-refractivity contribution < 1.29 is 32.2 Å². The lowest BCUT2D eigenvalue weighted by Gasteiger charge is -2.25. The number of methoxy groups -OCH3 is 3. The maximum Gasteiger partial charge on any atom is 0.268 e. The van der Waals surface area contributed by atoms with E-state index in [0.29, 0.717) is 35.2 Å². The highest BCUT2D eigenvalue weighted by Gasteiger charge is 2.30. The fraction of sp³-hybridized carbons (Fsp3) is 0.269. The van der Waals surface area contributed by atoms with Crippen molar-refractivity contribution in [2.75, 3.05) is 44.1 Å².